The Hall–Kier alpha value is -4.78. The first-order valence-corrected chi connectivity index (χ1v) is 14.6. The maximum Gasteiger partial charge on any atom is 0.352 e. The number of carboxylic acid groups (broad SMARTS) is 1. The van der Waals surface area contributed by atoms with Crippen molar-refractivity contribution < 1.29 is 34.2 Å². The van der Waals surface area contributed by atoms with Crippen molar-refractivity contribution in [2.45, 2.75) is 22.6 Å². The van der Waals surface area contributed by atoms with Gasteiger partial charge in [0.2, 0.25) is 5.91 Å². The lowest BCUT2D eigenvalue weighted by atomic mass is 10.0. The van der Waals surface area contributed by atoms with Gasteiger partial charge >= 0.3 is 29.2 Å². The second-order valence-corrected chi connectivity index (χ2v) is 11.5. The first kappa shape index (κ1) is 29.7. The van der Waals surface area contributed by atoms with Gasteiger partial charge in [-0.15, -0.1) is 16.9 Å². The van der Waals surface area contributed by atoms with E-state index in [-0.39, 0.29) is 46.8 Å². The van der Waals surface area contributed by atoms with Crippen LogP contribution < -0.4 is 27.1 Å². The molecule has 5 rings (SSSR count). The number of phenolic OH excluding ortho intramolecular Hbond substituents is 1. The Morgan fingerprint density at radius 1 is 1.19 bits per heavy atom. The van der Waals surface area contributed by atoms with E-state index >= 15 is 0 Å². The lowest BCUT2D eigenvalue weighted by Crippen LogP contribution is -2.71. The maximum absolute atomic E-state index is 13.4. The first-order valence-electron chi connectivity index (χ1n) is 12.6. The van der Waals surface area contributed by atoms with Crippen molar-refractivity contribution in [2.24, 2.45) is 7.05 Å². The molecule has 2 aromatic rings. The summed E-state index contributed by atoms with van der Waals surface area (Å²) >= 11 is 2.22. The van der Waals surface area contributed by atoms with Gasteiger partial charge in [-0.25, -0.2) is 24.4 Å². The molecule has 226 valence electrons. The van der Waals surface area contributed by atoms with E-state index in [1.165, 1.54) is 43.1 Å². The van der Waals surface area contributed by atoms with Gasteiger partial charge in [0.25, 0.3) is 5.91 Å². The van der Waals surface area contributed by atoms with Gasteiger partial charge < -0.3 is 26.2 Å². The number of imide groups is 1. The third kappa shape index (κ3) is 5.67. The fourth-order valence-electron chi connectivity index (χ4n) is 4.61. The van der Waals surface area contributed by atoms with Gasteiger partial charge in [0.1, 0.15) is 28.9 Å². The number of nitrogens with zero attached hydrogens (tertiary/aromatic N) is 4. The van der Waals surface area contributed by atoms with Crippen molar-refractivity contribution in [3.05, 3.63) is 61.8 Å². The molecule has 6 N–H and O–H groups in total. The molecule has 4 heterocycles. The minimum absolute atomic E-state index is 0.0491. The van der Waals surface area contributed by atoms with Gasteiger partial charge in [-0.2, -0.15) is 0 Å². The summed E-state index contributed by atoms with van der Waals surface area (Å²) in [5.41, 5.74) is -1.36. The summed E-state index contributed by atoms with van der Waals surface area (Å²) in [4.78, 5) is 88.9. The number of thioether (sulfide) groups is 2. The van der Waals surface area contributed by atoms with Crippen LogP contribution in [0, 0.1) is 0 Å². The van der Waals surface area contributed by atoms with Crippen LogP contribution in [0.3, 0.4) is 0 Å². The molecule has 1 aromatic carbocycles. The van der Waals surface area contributed by atoms with E-state index in [1.54, 1.807) is 0 Å². The van der Waals surface area contributed by atoms with E-state index in [1.807, 2.05) is 0 Å². The van der Waals surface area contributed by atoms with Gasteiger partial charge in [-0.1, -0.05) is 23.9 Å². The summed E-state index contributed by atoms with van der Waals surface area (Å²) in [6, 6.07) is 1.47. The number of benzene rings is 1. The zero-order chi connectivity index (χ0) is 31.0. The summed E-state index contributed by atoms with van der Waals surface area (Å²) in [5, 5.41) is 32.4. The number of hydrogen-bond donors (Lipinski definition) is 6. The van der Waals surface area contributed by atoms with E-state index in [2.05, 4.69) is 26.1 Å². The van der Waals surface area contributed by atoms with Crippen molar-refractivity contribution in [1.82, 2.24) is 40.5 Å². The molecule has 17 nitrogen and oxygen atoms in total. The maximum atomic E-state index is 13.4. The summed E-state index contributed by atoms with van der Waals surface area (Å²) in [6.07, 6.45) is 0. The summed E-state index contributed by atoms with van der Waals surface area (Å²) in [5.74, 6) is -2.69. The van der Waals surface area contributed by atoms with Crippen LogP contribution in [0.15, 0.2) is 50.3 Å². The fourth-order valence-corrected chi connectivity index (χ4v) is 7.01. The standard InChI is InChI=1S/C24H24N8O9S2/c1-30-19(37)17(35)28-29-24(30)43-9-11-8-42-20-14(18(36)32(20)15(11)21(38)39)26-16(34)13(10-2-4-12(33)5-3-10)27-23(41)31-7-6-25-22(31)40/h2-5,13-14,20,33H,6-9H2,1H3,(H,25,40)(H,26,34)(H,27,41)(H,28,35)(H,38,39). The molecule has 1 aromatic heterocycles. The molecule has 3 atom stereocenters. The molecule has 2 saturated heterocycles. The zero-order valence-corrected chi connectivity index (χ0v) is 23.9. The van der Waals surface area contributed by atoms with Gasteiger partial charge in [0.05, 0.1) is 0 Å². The largest absolute Gasteiger partial charge is 0.508 e. The number of urea groups is 2. The molecule has 0 radical (unpaired) electrons. The second kappa shape index (κ2) is 11.8. The highest BCUT2D eigenvalue weighted by atomic mass is 32.2. The summed E-state index contributed by atoms with van der Waals surface area (Å²) in [6.45, 7) is 0.329. The number of rotatable bonds is 8. The Kier molecular flexibility index (Phi) is 8.18. The number of aromatic nitrogens is 3. The molecule has 0 saturated carbocycles. The van der Waals surface area contributed by atoms with Crippen molar-refractivity contribution in [1.29, 1.82) is 0 Å². The summed E-state index contributed by atoms with van der Waals surface area (Å²) in [7, 11) is 1.35. The van der Waals surface area contributed by atoms with Crippen LogP contribution in [0.5, 0.6) is 5.75 Å². The third-order valence-corrected chi connectivity index (χ3v) is 9.28. The average Bonchev–Trinajstić information content (AvgIpc) is 3.42. The third-order valence-electron chi connectivity index (χ3n) is 6.82. The van der Waals surface area contributed by atoms with Crippen LogP contribution in [-0.4, -0.2) is 101 Å². The number of amides is 6. The number of fused-ring (bicyclic) bond motifs is 1. The number of aromatic amines is 1. The topological polar surface area (TPSA) is 236 Å². The molecule has 3 unspecified atom stereocenters. The number of nitrogens with one attached hydrogen (secondary N) is 4. The minimum atomic E-state index is -1.36. The Morgan fingerprint density at radius 3 is 2.56 bits per heavy atom. The molecule has 19 heteroatoms. The van der Waals surface area contributed by atoms with Crippen LogP contribution in [0.25, 0.3) is 0 Å². The number of phenols is 1. The molecule has 2 fully saturated rings. The van der Waals surface area contributed by atoms with Crippen molar-refractivity contribution in [2.75, 3.05) is 24.6 Å². The Balaban J connectivity index is 1.32. The van der Waals surface area contributed by atoms with Gasteiger partial charge in [0, 0.05) is 31.6 Å². The first-order chi connectivity index (χ1) is 20.5. The van der Waals surface area contributed by atoms with E-state index in [4.69, 9.17) is 0 Å². The summed E-state index contributed by atoms with van der Waals surface area (Å²) < 4.78 is 1.03. The molecule has 0 aliphatic carbocycles. The van der Waals surface area contributed by atoms with Crippen LogP contribution in [0.2, 0.25) is 0 Å². The minimum Gasteiger partial charge on any atom is -0.508 e. The Labute approximate surface area is 249 Å². The number of carbonyl (C=O) groups is 5. The number of β-lactam (4-membered cyclic amide) rings is 1. The molecule has 43 heavy (non-hydrogen) atoms. The molecular formula is C24H24N8O9S2. The highest BCUT2D eigenvalue weighted by Gasteiger charge is 2.54. The van der Waals surface area contributed by atoms with Crippen LogP contribution in [0.4, 0.5) is 9.59 Å². The highest BCUT2D eigenvalue weighted by Crippen LogP contribution is 2.41. The van der Waals surface area contributed by atoms with Gasteiger partial charge in [-0.3, -0.25) is 28.6 Å². The van der Waals surface area contributed by atoms with Gasteiger partial charge in [0.15, 0.2) is 5.16 Å². The fraction of sp³-hybridized carbons (Fsp3) is 0.333. The molecule has 3 aliphatic heterocycles. The number of aromatic hydroxyl groups is 1. The van der Waals surface area contributed by atoms with Crippen molar-refractivity contribution in [3.63, 3.8) is 0 Å². The average molecular weight is 633 g/mol. The quantitative estimate of drug-likeness (QED) is 0.111. The van der Waals surface area contributed by atoms with E-state index in [0.717, 1.165) is 26.1 Å². The molecule has 0 spiro atoms. The molecular weight excluding hydrogens is 608 g/mol. The monoisotopic (exact) mass is 632 g/mol. The number of hydrogen-bond acceptors (Lipinski definition) is 11. The van der Waals surface area contributed by atoms with E-state index < -0.39 is 58.4 Å². The number of aliphatic carboxylic acids is 1. The van der Waals surface area contributed by atoms with Crippen LogP contribution in [0.1, 0.15) is 11.6 Å². The SMILES string of the molecule is Cn1c(SCC2=C(C(=O)O)N3C(=O)C(NC(=O)C(NC(=O)N4CCNC4=O)c4ccc(O)cc4)C3SC2)n[nH]c(=O)c1=O. The smallest absolute Gasteiger partial charge is 0.352 e. The molecule has 0 bridgehead atoms. The zero-order valence-electron chi connectivity index (χ0n) is 22.2. The molecule has 6 amide bonds. The normalized spacial score (nSPS) is 20.2. The predicted octanol–water partition coefficient (Wildman–Crippen LogP) is -1.52. The Bertz CT molecular complexity index is 1670. The number of H-pyrrole nitrogens is 1. The number of carboxylic acids is 1. The Morgan fingerprint density at radius 2 is 1.91 bits per heavy atom. The predicted molar refractivity (Wildman–Crippen MR) is 150 cm³/mol. The van der Waals surface area contributed by atoms with Crippen LogP contribution >= 0.6 is 23.5 Å². The van der Waals surface area contributed by atoms with Crippen molar-refractivity contribution >= 4 is 53.4 Å². The van der Waals surface area contributed by atoms with E-state index in [0.29, 0.717) is 5.57 Å². The van der Waals surface area contributed by atoms with E-state index in [9.17, 15) is 43.8 Å². The molecule has 3 aliphatic rings. The highest BCUT2D eigenvalue weighted by molar-refractivity contribution is 8.01. The lowest BCUT2D eigenvalue weighted by Gasteiger charge is -2.49. The van der Waals surface area contributed by atoms with Gasteiger partial charge in [-0.05, 0) is 23.3 Å². The van der Waals surface area contributed by atoms with Crippen LogP contribution in [-0.2, 0) is 21.4 Å². The second-order valence-electron chi connectivity index (χ2n) is 9.50. The van der Waals surface area contributed by atoms with Crippen molar-refractivity contribution in [3.8, 4) is 5.75 Å². The number of carbonyl (C=O) groups excluding carboxylic acids is 4. The lowest BCUT2D eigenvalue weighted by molar-refractivity contribution is -0.151.